The third-order valence-electron chi connectivity index (χ3n) is 10.5. The number of ketones is 1. The Morgan fingerprint density at radius 3 is 2.41 bits per heavy atom. The number of carbonyl (C=O) groups excluding carboxylic acids is 1. The summed E-state index contributed by atoms with van der Waals surface area (Å²) in [7, 11) is -1.94. The average molecular weight is 641 g/mol. The van der Waals surface area contributed by atoms with Crippen LogP contribution in [0.5, 0.6) is 0 Å². The van der Waals surface area contributed by atoms with Crippen molar-refractivity contribution >= 4 is 32.4 Å². The van der Waals surface area contributed by atoms with Gasteiger partial charge in [0.25, 0.3) is 0 Å². The molecular formula is C39H48N2O4S. The first kappa shape index (κ1) is 32.5. The number of aliphatic hydroxyl groups excluding tert-OH is 1. The van der Waals surface area contributed by atoms with Crippen LogP contribution in [-0.2, 0) is 29.4 Å². The van der Waals surface area contributed by atoms with Crippen molar-refractivity contribution in [3.63, 3.8) is 0 Å². The second-order valence-corrected chi connectivity index (χ2v) is 16.2. The summed E-state index contributed by atoms with van der Waals surface area (Å²) >= 11 is 0. The van der Waals surface area contributed by atoms with Gasteiger partial charge in [0, 0.05) is 37.2 Å². The molecule has 2 aliphatic rings. The highest BCUT2D eigenvalue weighted by Gasteiger charge is 2.58. The minimum absolute atomic E-state index is 0.0621. The van der Waals surface area contributed by atoms with Gasteiger partial charge in [-0.05, 0) is 92.5 Å². The summed E-state index contributed by atoms with van der Waals surface area (Å²) in [4.78, 5) is 14.2. The third kappa shape index (κ3) is 6.16. The molecule has 46 heavy (non-hydrogen) atoms. The van der Waals surface area contributed by atoms with Gasteiger partial charge in [0.2, 0.25) is 10.0 Å². The van der Waals surface area contributed by atoms with E-state index in [-0.39, 0.29) is 18.1 Å². The Hall–Kier alpha value is -3.42. The minimum Gasteiger partial charge on any atom is -0.393 e. The van der Waals surface area contributed by atoms with E-state index in [9.17, 15) is 18.3 Å². The molecule has 0 radical (unpaired) electrons. The van der Waals surface area contributed by atoms with Crippen LogP contribution in [-0.4, -0.2) is 41.8 Å². The monoisotopic (exact) mass is 640 g/mol. The lowest BCUT2D eigenvalue weighted by Crippen LogP contribution is -2.38. The first-order valence-corrected chi connectivity index (χ1v) is 18.5. The minimum atomic E-state index is -3.57. The summed E-state index contributed by atoms with van der Waals surface area (Å²) in [5.74, 6) is 0.0275. The molecule has 244 valence electrons. The van der Waals surface area contributed by atoms with E-state index < -0.39 is 20.9 Å². The van der Waals surface area contributed by atoms with E-state index in [1.165, 1.54) is 15.4 Å². The van der Waals surface area contributed by atoms with E-state index in [1.807, 2.05) is 24.3 Å². The first-order valence-electron chi connectivity index (χ1n) is 17.0. The van der Waals surface area contributed by atoms with Crippen molar-refractivity contribution < 1.29 is 18.3 Å². The molecule has 1 N–H and O–H groups in total. The maximum Gasteiger partial charge on any atom is 0.242 e. The standard InChI is InChI=1S/C39H48N2O4S/c1-5-11-30(31-15-10-12-27(3)20-31)16-17-36(42)32(21-28-13-8-7-9-14-28)24-37(43)33-22-34-29(6-2)25-41-26-39(18-19-39)46(44,45)40(4)35(23-33)38(34)41/h7-10,12-15,20,22-23,25,30,32,36,42H,5-6,11,16-19,21,24,26H2,1-4H3/t30-,32-,36-/m1/s1. The van der Waals surface area contributed by atoms with Crippen LogP contribution in [0.15, 0.2) is 72.9 Å². The van der Waals surface area contributed by atoms with E-state index in [0.717, 1.165) is 47.7 Å². The molecule has 6 nitrogen and oxygen atoms in total. The Kier molecular flexibility index (Phi) is 9.19. The molecule has 6 rings (SSSR count). The fraction of sp³-hybridized carbons (Fsp3) is 0.462. The normalized spacial score (nSPS) is 18.3. The van der Waals surface area contributed by atoms with Crippen LogP contribution < -0.4 is 4.31 Å². The number of nitrogens with zero attached hydrogens (tertiary/aromatic N) is 2. The van der Waals surface area contributed by atoms with Crippen LogP contribution >= 0.6 is 0 Å². The third-order valence-corrected chi connectivity index (χ3v) is 13.1. The quantitative estimate of drug-likeness (QED) is 0.150. The van der Waals surface area contributed by atoms with Gasteiger partial charge in [-0.25, -0.2) is 8.42 Å². The number of anilines is 1. The Morgan fingerprint density at radius 1 is 0.978 bits per heavy atom. The molecule has 2 heterocycles. The molecule has 3 aromatic carbocycles. The molecule has 1 aromatic heterocycles. The van der Waals surface area contributed by atoms with Gasteiger partial charge in [-0.3, -0.25) is 9.10 Å². The zero-order valence-electron chi connectivity index (χ0n) is 27.7. The summed E-state index contributed by atoms with van der Waals surface area (Å²) in [5.41, 5.74) is 6.74. The summed E-state index contributed by atoms with van der Waals surface area (Å²) in [5, 5.41) is 12.7. The number of benzene rings is 3. The average Bonchev–Trinajstić information content (AvgIpc) is 3.77. The molecule has 0 unspecified atom stereocenters. The number of Topliss-reactive ketones (excluding diaryl/α,β-unsaturated/α-hetero) is 1. The molecule has 0 bridgehead atoms. The number of rotatable bonds is 13. The number of hydrogen-bond donors (Lipinski definition) is 1. The van der Waals surface area contributed by atoms with Gasteiger partial charge < -0.3 is 9.67 Å². The Morgan fingerprint density at radius 2 is 1.74 bits per heavy atom. The lowest BCUT2D eigenvalue weighted by atomic mass is 9.82. The van der Waals surface area contributed by atoms with Gasteiger partial charge >= 0.3 is 0 Å². The van der Waals surface area contributed by atoms with Gasteiger partial charge in [0.05, 0.1) is 17.3 Å². The number of aryl methyl sites for hydroxylation is 2. The summed E-state index contributed by atoms with van der Waals surface area (Å²) in [6, 6.07) is 22.5. The predicted octanol–water partition coefficient (Wildman–Crippen LogP) is 7.98. The topological polar surface area (TPSA) is 79.6 Å². The SMILES string of the molecule is CCC[C@H](CC[C@@H](O)[C@@H](CC(=O)c1cc2c3c(c1)c(CC)cn3CC1(CC1)S(=O)(=O)N2C)Cc1ccccc1)c1cccc(C)c1. The van der Waals surface area contributed by atoms with Crippen LogP contribution in [0.25, 0.3) is 10.9 Å². The Bertz CT molecular complexity index is 1820. The largest absolute Gasteiger partial charge is 0.393 e. The van der Waals surface area contributed by atoms with Crippen molar-refractivity contribution in [1.29, 1.82) is 0 Å². The molecule has 7 heteroatoms. The lowest BCUT2D eigenvalue weighted by molar-refractivity contribution is 0.0736. The van der Waals surface area contributed by atoms with Crippen LogP contribution in [0.1, 0.15) is 97.3 Å². The fourth-order valence-corrected chi connectivity index (χ4v) is 9.54. The van der Waals surface area contributed by atoms with E-state index in [4.69, 9.17) is 0 Å². The highest BCUT2D eigenvalue weighted by atomic mass is 32.2. The van der Waals surface area contributed by atoms with Gasteiger partial charge in [0.1, 0.15) is 4.75 Å². The van der Waals surface area contributed by atoms with E-state index in [0.29, 0.717) is 49.4 Å². The van der Waals surface area contributed by atoms with Crippen molar-refractivity contribution in [2.75, 3.05) is 11.4 Å². The molecule has 1 aliphatic carbocycles. The van der Waals surface area contributed by atoms with Crippen molar-refractivity contribution in [2.45, 2.75) is 102 Å². The summed E-state index contributed by atoms with van der Waals surface area (Å²) < 4.78 is 30.2. The molecule has 1 aliphatic heterocycles. The molecular weight excluding hydrogens is 593 g/mol. The van der Waals surface area contributed by atoms with Crippen LogP contribution in [0.4, 0.5) is 5.69 Å². The smallest absolute Gasteiger partial charge is 0.242 e. The number of aliphatic hydroxyl groups is 1. The highest BCUT2D eigenvalue weighted by molar-refractivity contribution is 7.94. The van der Waals surface area contributed by atoms with Gasteiger partial charge in [-0.15, -0.1) is 0 Å². The number of hydrogen-bond acceptors (Lipinski definition) is 4. The van der Waals surface area contributed by atoms with Crippen molar-refractivity contribution in [3.05, 3.63) is 101 Å². The van der Waals surface area contributed by atoms with Crippen molar-refractivity contribution in [1.82, 2.24) is 4.57 Å². The molecule has 1 saturated carbocycles. The summed E-state index contributed by atoms with van der Waals surface area (Å²) in [6.07, 6.45) is 7.90. The zero-order chi connectivity index (χ0) is 32.6. The van der Waals surface area contributed by atoms with E-state index >= 15 is 0 Å². The number of sulfonamides is 1. The number of carbonyl (C=O) groups is 1. The van der Waals surface area contributed by atoms with Crippen molar-refractivity contribution in [2.24, 2.45) is 5.92 Å². The Labute approximate surface area is 274 Å². The molecule has 0 saturated heterocycles. The van der Waals surface area contributed by atoms with Gasteiger partial charge in [-0.1, -0.05) is 80.4 Å². The second-order valence-electron chi connectivity index (χ2n) is 13.8. The maximum atomic E-state index is 14.2. The van der Waals surface area contributed by atoms with Crippen molar-refractivity contribution in [3.8, 4) is 0 Å². The Balaban J connectivity index is 1.30. The van der Waals surface area contributed by atoms with E-state index in [1.54, 1.807) is 13.1 Å². The van der Waals surface area contributed by atoms with Crippen LogP contribution in [0.3, 0.4) is 0 Å². The highest BCUT2D eigenvalue weighted by Crippen LogP contribution is 2.51. The van der Waals surface area contributed by atoms with Gasteiger partial charge in [0.15, 0.2) is 5.78 Å². The van der Waals surface area contributed by atoms with E-state index in [2.05, 4.69) is 67.9 Å². The van der Waals surface area contributed by atoms with Crippen LogP contribution in [0.2, 0.25) is 0 Å². The zero-order valence-corrected chi connectivity index (χ0v) is 28.5. The van der Waals surface area contributed by atoms with Crippen LogP contribution in [0, 0.1) is 12.8 Å². The molecule has 3 atom stereocenters. The fourth-order valence-electron chi connectivity index (χ4n) is 7.64. The number of aromatic nitrogens is 1. The van der Waals surface area contributed by atoms with Gasteiger partial charge in [-0.2, -0.15) is 0 Å². The first-order chi connectivity index (χ1) is 22.1. The molecule has 4 aromatic rings. The molecule has 1 fully saturated rings. The lowest BCUT2D eigenvalue weighted by Gasteiger charge is -2.26. The summed E-state index contributed by atoms with van der Waals surface area (Å²) in [6.45, 7) is 6.86. The molecule has 1 spiro atoms. The maximum absolute atomic E-state index is 14.2. The molecule has 0 amide bonds. The second kappa shape index (κ2) is 13.0. The predicted molar refractivity (Wildman–Crippen MR) is 187 cm³/mol.